The Bertz CT molecular complexity index is 614. The average Bonchev–Trinajstić information content (AvgIpc) is 2.72. The van der Waals surface area contributed by atoms with Crippen LogP contribution < -0.4 is 5.73 Å². The molecule has 1 aromatic carbocycles. The van der Waals surface area contributed by atoms with Crippen molar-refractivity contribution >= 4 is 0 Å². The second kappa shape index (κ2) is 4.13. The molecular formula is C13H8N4O. The fourth-order valence-corrected chi connectivity index (χ4v) is 1.94. The fraction of sp³-hybridized carbons (Fsp3) is 0.154. The number of rotatable bonds is 1. The normalized spacial score (nSPS) is 20.4. The van der Waals surface area contributed by atoms with Crippen LogP contribution >= 0.6 is 0 Å². The number of nitriles is 3. The molecule has 1 aromatic rings. The molecule has 2 rings (SSSR count). The van der Waals surface area contributed by atoms with E-state index in [0.29, 0.717) is 5.56 Å². The largest absolute Gasteiger partial charge is 0.467 e. The van der Waals surface area contributed by atoms with Crippen LogP contribution in [0.4, 0.5) is 0 Å². The molecule has 18 heavy (non-hydrogen) atoms. The Labute approximate surface area is 104 Å². The first-order chi connectivity index (χ1) is 8.69. The summed E-state index contributed by atoms with van der Waals surface area (Å²) < 4.78 is 5.34. The number of nitrogens with two attached hydrogens (primary N) is 1. The molecule has 0 bridgehead atoms. The third-order valence-corrected chi connectivity index (χ3v) is 2.85. The van der Waals surface area contributed by atoms with E-state index in [1.54, 1.807) is 36.4 Å². The lowest BCUT2D eigenvalue weighted by molar-refractivity contribution is 0.105. The third-order valence-electron chi connectivity index (χ3n) is 2.85. The van der Waals surface area contributed by atoms with Gasteiger partial charge in [0, 0.05) is 0 Å². The minimum absolute atomic E-state index is 0.124. The highest BCUT2D eigenvalue weighted by atomic mass is 16.5. The first kappa shape index (κ1) is 11.5. The molecule has 1 heterocycles. The summed E-state index contributed by atoms with van der Waals surface area (Å²) in [6.07, 6.45) is -0.872. The van der Waals surface area contributed by atoms with Gasteiger partial charge in [-0.25, -0.2) is 0 Å². The summed E-state index contributed by atoms with van der Waals surface area (Å²) in [6.45, 7) is 0. The maximum absolute atomic E-state index is 9.27. The van der Waals surface area contributed by atoms with E-state index in [0.717, 1.165) is 0 Å². The van der Waals surface area contributed by atoms with Crippen LogP contribution in [0.3, 0.4) is 0 Å². The van der Waals surface area contributed by atoms with Gasteiger partial charge in [0.25, 0.3) is 0 Å². The SMILES string of the molecule is N#CC1=C(N)OC(c2ccccc2)C1(C#N)C#N. The highest BCUT2D eigenvalue weighted by molar-refractivity contribution is 5.50. The molecule has 2 N–H and O–H groups in total. The average molecular weight is 236 g/mol. The lowest BCUT2D eigenvalue weighted by Crippen LogP contribution is -2.24. The molecule has 1 aliphatic rings. The number of hydrogen-bond acceptors (Lipinski definition) is 5. The molecule has 86 valence electrons. The van der Waals surface area contributed by atoms with E-state index in [2.05, 4.69) is 0 Å². The molecule has 1 unspecified atom stereocenters. The quantitative estimate of drug-likeness (QED) is 0.794. The Balaban J connectivity index is 2.59. The minimum atomic E-state index is -1.68. The second-order valence-corrected chi connectivity index (χ2v) is 3.79. The maximum Gasteiger partial charge on any atom is 0.224 e. The molecule has 0 fully saturated rings. The molecule has 5 heteroatoms. The summed E-state index contributed by atoms with van der Waals surface area (Å²) in [5.41, 5.74) is 4.41. The highest BCUT2D eigenvalue weighted by Gasteiger charge is 2.53. The van der Waals surface area contributed by atoms with Crippen LogP contribution in [-0.2, 0) is 4.74 Å². The van der Waals surface area contributed by atoms with Gasteiger partial charge >= 0.3 is 0 Å². The van der Waals surface area contributed by atoms with E-state index >= 15 is 0 Å². The van der Waals surface area contributed by atoms with Crippen LogP contribution in [0.15, 0.2) is 41.8 Å². The topological polar surface area (TPSA) is 107 Å². The summed E-state index contributed by atoms with van der Waals surface area (Å²) >= 11 is 0. The van der Waals surface area contributed by atoms with E-state index in [-0.39, 0.29) is 11.5 Å². The van der Waals surface area contributed by atoms with Gasteiger partial charge in [-0.05, 0) is 5.56 Å². The summed E-state index contributed by atoms with van der Waals surface area (Å²) in [5.74, 6) is -0.158. The van der Waals surface area contributed by atoms with Gasteiger partial charge in [0.05, 0.1) is 12.1 Å². The van der Waals surface area contributed by atoms with Gasteiger partial charge in [-0.1, -0.05) is 30.3 Å². The van der Waals surface area contributed by atoms with Gasteiger partial charge in [-0.2, -0.15) is 15.8 Å². The van der Waals surface area contributed by atoms with Gasteiger partial charge in [-0.15, -0.1) is 0 Å². The van der Waals surface area contributed by atoms with Gasteiger partial charge in [0.15, 0.2) is 6.10 Å². The molecule has 0 aromatic heterocycles. The Morgan fingerprint density at radius 2 is 1.72 bits per heavy atom. The fourth-order valence-electron chi connectivity index (χ4n) is 1.94. The molecular weight excluding hydrogens is 228 g/mol. The maximum atomic E-state index is 9.27. The molecule has 0 radical (unpaired) electrons. The van der Waals surface area contributed by atoms with E-state index < -0.39 is 11.5 Å². The monoisotopic (exact) mass is 236 g/mol. The van der Waals surface area contributed by atoms with Crippen molar-refractivity contribution in [2.75, 3.05) is 0 Å². The minimum Gasteiger partial charge on any atom is -0.467 e. The van der Waals surface area contributed by atoms with Gasteiger partial charge in [0.2, 0.25) is 11.3 Å². The number of benzene rings is 1. The highest BCUT2D eigenvalue weighted by Crippen LogP contribution is 2.48. The van der Waals surface area contributed by atoms with Crippen molar-refractivity contribution < 1.29 is 4.74 Å². The molecule has 0 amide bonds. The third kappa shape index (κ3) is 1.38. The number of nitrogens with zero attached hydrogens (tertiary/aromatic N) is 3. The summed E-state index contributed by atoms with van der Waals surface area (Å²) in [4.78, 5) is 0. The van der Waals surface area contributed by atoms with E-state index in [4.69, 9.17) is 15.7 Å². The first-order valence-corrected chi connectivity index (χ1v) is 5.14. The zero-order valence-corrected chi connectivity index (χ0v) is 9.29. The number of ether oxygens (including phenoxy) is 1. The lowest BCUT2D eigenvalue weighted by Gasteiger charge is -2.20. The van der Waals surface area contributed by atoms with Crippen LogP contribution in [0.25, 0.3) is 0 Å². The van der Waals surface area contributed by atoms with Crippen LogP contribution in [0.2, 0.25) is 0 Å². The summed E-state index contributed by atoms with van der Waals surface area (Å²) in [6, 6.07) is 14.3. The van der Waals surface area contributed by atoms with Crippen LogP contribution in [0.1, 0.15) is 11.7 Å². The first-order valence-electron chi connectivity index (χ1n) is 5.14. The smallest absolute Gasteiger partial charge is 0.224 e. The molecule has 5 nitrogen and oxygen atoms in total. The van der Waals surface area contributed by atoms with Crippen molar-refractivity contribution in [1.82, 2.24) is 0 Å². The summed E-state index contributed by atoms with van der Waals surface area (Å²) in [5, 5.41) is 27.6. The standard InChI is InChI=1S/C13H8N4O/c14-6-10-12(17)18-11(13(10,7-15)8-16)9-4-2-1-3-5-9/h1-5,11H,17H2. The lowest BCUT2D eigenvalue weighted by atomic mass is 9.77. The van der Waals surface area contributed by atoms with Crippen molar-refractivity contribution in [2.45, 2.75) is 6.10 Å². The van der Waals surface area contributed by atoms with Crippen molar-refractivity contribution in [1.29, 1.82) is 15.8 Å². The van der Waals surface area contributed by atoms with E-state index in [1.165, 1.54) is 0 Å². The Hall–Kier alpha value is -2.97. The molecule has 0 aliphatic carbocycles. The Morgan fingerprint density at radius 1 is 1.11 bits per heavy atom. The molecule has 0 spiro atoms. The van der Waals surface area contributed by atoms with Crippen LogP contribution in [-0.4, -0.2) is 0 Å². The summed E-state index contributed by atoms with van der Waals surface area (Å²) in [7, 11) is 0. The molecule has 1 atom stereocenters. The van der Waals surface area contributed by atoms with Crippen LogP contribution in [0.5, 0.6) is 0 Å². The second-order valence-electron chi connectivity index (χ2n) is 3.79. The van der Waals surface area contributed by atoms with Crippen molar-refractivity contribution in [3.63, 3.8) is 0 Å². The Kier molecular flexibility index (Phi) is 2.64. The van der Waals surface area contributed by atoms with Gasteiger partial charge in [0.1, 0.15) is 11.6 Å². The molecule has 0 saturated heterocycles. The predicted octanol–water partition coefficient (Wildman–Crippen LogP) is 1.49. The van der Waals surface area contributed by atoms with Gasteiger partial charge < -0.3 is 10.5 Å². The van der Waals surface area contributed by atoms with E-state index in [1.807, 2.05) is 12.1 Å². The predicted molar refractivity (Wildman–Crippen MR) is 60.8 cm³/mol. The van der Waals surface area contributed by atoms with E-state index in [9.17, 15) is 10.5 Å². The van der Waals surface area contributed by atoms with Crippen LogP contribution in [0, 0.1) is 39.4 Å². The van der Waals surface area contributed by atoms with Gasteiger partial charge in [-0.3, -0.25) is 0 Å². The zero-order valence-electron chi connectivity index (χ0n) is 9.29. The molecule has 1 aliphatic heterocycles. The molecule has 0 saturated carbocycles. The Morgan fingerprint density at radius 3 is 2.22 bits per heavy atom. The van der Waals surface area contributed by atoms with Crippen molar-refractivity contribution in [2.24, 2.45) is 11.1 Å². The zero-order chi connectivity index (χ0) is 13.2. The number of hydrogen-bond donors (Lipinski definition) is 1. The van der Waals surface area contributed by atoms with Crippen molar-refractivity contribution in [3.8, 4) is 18.2 Å². The van der Waals surface area contributed by atoms with Crippen molar-refractivity contribution in [3.05, 3.63) is 47.4 Å².